The Morgan fingerprint density at radius 2 is 1.52 bits per heavy atom. The van der Waals surface area contributed by atoms with Crippen molar-refractivity contribution in [3.63, 3.8) is 0 Å². The molecule has 0 aromatic heterocycles. The molecule has 1 rings (SSSR count). The third-order valence-corrected chi connectivity index (χ3v) is 4.00. The Morgan fingerprint density at radius 1 is 1.10 bits per heavy atom. The molecule has 0 saturated carbocycles. The number of thioether (sulfide) groups is 1. The number of rotatable bonds is 5. The van der Waals surface area contributed by atoms with Gasteiger partial charge in [0, 0.05) is 11.3 Å². The zero-order chi connectivity index (χ0) is 16.3. The van der Waals surface area contributed by atoms with Crippen LogP contribution in [-0.2, 0) is 0 Å². The van der Waals surface area contributed by atoms with Crippen molar-refractivity contribution in [3.8, 4) is 0 Å². The van der Waals surface area contributed by atoms with Gasteiger partial charge in [0.15, 0.2) is 23.3 Å². The lowest BCUT2D eigenvalue weighted by Crippen LogP contribution is -2.42. The smallest absolute Gasteiger partial charge is 0.257 e. The summed E-state index contributed by atoms with van der Waals surface area (Å²) in [7, 11) is 0. The Kier molecular flexibility index (Phi) is 5.97. The highest BCUT2D eigenvalue weighted by atomic mass is 32.2. The number of aliphatic hydroxyl groups excluding tert-OH is 1. The van der Waals surface area contributed by atoms with E-state index in [1.54, 1.807) is 6.26 Å². The molecule has 0 spiro atoms. The van der Waals surface area contributed by atoms with Crippen molar-refractivity contribution < 1.29 is 31.9 Å². The zero-order valence-electron chi connectivity index (χ0n) is 11.0. The summed E-state index contributed by atoms with van der Waals surface area (Å²) in [5.41, 5.74) is -1.55. The number of aliphatic hydroxyl groups is 1. The van der Waals surface area contributed by atoms with Crippen LogP contribution in [0.2, 0.25) is 0 Å². The molecular formula is C12H12F5NO2S. The normalized spacial score (nSPS) is 13.9. The van der Waals surface area contributed by atoms with E-state index in [-0.39, 0.29) is 6.61 Å². The molecule has 0 aliphatic rings. The third kappa shape index (κ3) is 3.46. The van der Waals surface area contributed by atoms with Gasteiger partial charge >= 0.3 is 0 Å². The summed E-state index contributed by atoms with van der Waals surface area (Å²) in [5, 5.41) is 10.6. The molecule has 0 radical (unpaired) electrons. The highest BCUT2D eigenvalue weighted by molar-refractivity contribution is 7.99. The van der Waals surface area contributed by atoms with E-state index in [1.807, 2.05) is 0 Å². The summed E-state index contributed by atoms with van der Waals surface area (Å²) in [6.45, 7) is 1.10. The summed E-state index contributed by atoms with van der Waals surface area (Å²) < 4.78 is 65.7. The van der Waals surface area contributed by atoms with Gasteiger partial charge in [0.2, 0.25) is 5.82 Å². The first-order valence-corrected chi connectivity index (χ1v) is 7.00. The number of hydrogen-bond acceptors (Lipinski definition) is 3. The van der Waals surface area contributed by atoms with E-state index in [2.05, 4.69) is 5.32 Å². The van der Waals surface area contributed by atoms with Crippen LogP contribution < -0.4 is 5.32 Å². The fourth-order valence-corrected chi connectivity index (χ4v) is 2.24. The van der Waals surface area contributed by atoms with E-state index >= 15 is 0 Å². The Labute approximate surface area is 121 Å². The number of carbonyl (C=O) groups is 1. The Hall–Kier alpha value is -1.35. The van der Waals surface area contributed by atoms with Crippen LogP contribution >= 0.6 is 11.8 Å². The maximum atomic E-state index is 13.4. The first-order chi connectivity index (χ1) is 9.76. The number of halogens is 5. The van der Waals surface area contributed by atoms with E-state index in [0.29, 0.717) is 0 Å². The molecule has 0 aliphatic carbocycles. The molecule has 1 amide bonds. The fraction of sp³-hybridized carbons (Fsp3) is 0.417. The van der Waals surface area contributed by atoms with Gasteiger partial charge < -0.3 is 10.4 Å². The van der Waals surface area contributed by atoms with Crippen molar-refractivity contribution >= 4 is 17.7 Å². The lowest BCUT2D eigenvalue weighted by atomic mass is 10.1. The third-order valence-electron chi connectivity index (χ3n) is 2.84. The molecule has 21 heavy (non-hydrogen) atoms. The van der Waals surface area contributed by atoms with Gasteiger partial charge in [-0.05, 0) is 13.2 Å². The lowest BCUT2D eigenvalue weighted by molar-refractivity contribution is 0.0924. The summed E-state index contributed by atoms with van der Waals surface area (Å²) in [5.74, 6) is -12.5. The second kappa shape index (κ2) is 7.08. The first-order valence-electron chi connectivity index (χ1n) is 5.72. The zero-order valence-corrected chi connectivity index (χ0v) is 11.8. The van der Waals surface area contributed by atoms with Gasteiger partial charge in [-0.1, -0.05) is 0 Å². The predicted molar refractivity (Wildman–Crippen MR) is 67.5 cm³/mol. The second-order valence-corrected chi connectivity index (χ2v) is 5.24. The van der Waals surface area contributed by atoms with Crippen LogP contribution in [0.3, 0.4) is 0 Å². The van der Waals surface area contributed by atoms with E-state index in [4.69, 9.17) is 5.11 Å². The van der Waals surface area contributed by atoms with Crippen molar-refractivity contribution in [1.29, 1.82) is 0 Å². The number of amides is 1. The van der Waals surface area contributed by atoms with Crippen molar-refractivity contribution in [2.75, 3.05) is 12.9 Å². The summed E-state index contributed by atoms with van der Waals surface area (Å²) in [4.78, 5) is 11.7. The van der Waals surface area contributed by atoms with Crippen molar-refractivity contribution in [2.45, 2.75) is 18.2 Å². The minimum Gasteiger partial charge on any atom is -0.395 e. The molecule has 1 aromatic rings. The van der Waals surface area contributed by atoms with Crippen molar-refractivity contribution in [3.05, 3.63) is 34.6 Å². The summed E-state index contributed by atoms with van der Waals surface area (Å²) in [6, 6.07) is -0.743. The number of benzene rings is 1. The largest absolute Gasteiger partial charge is 0.395 e. The average molecular weight is 329 g/mol. The topological polar surface area (TPSA) is 49.3 Å². The Balaban J connectivity index is 3.15. The minimum atomic E-state index is -2.33. The van der Waals surface area contributed by atoms with Gasteiger partial charge in [-0.15, -0.1) is 0 Å². The summed E-state index contributed by atoms with van der Waals surface area (Å²) >= 11 is 1.17. The number of hydrogen-bond donors (Lipinski definition) is 2. The van der Waals surface area contributed by atoms with E-state index in [0.717, 1.165) is 0 Å². The van der Waals surface area contributed by atoms with Crippen LogP contribution in [-0.4, -0.2) is 35.2 Å². The molecule has 1 aromatic carbocycles. The average Bonchev–Trinajstić information content (AvgIpc) is 2.44. The van der Waals surface area contributed by atoms with E-state index in [9.17, 15) is 26.7 Å². The number of carbonyl (C=O) groups excluding carboxylic acids is 1. The van der Waals surface area contributed by atoms with Crippen LogP contribution in [0.15, 0.2) is 0 Å². The van der Waals surface area contributed by atoms with Gasteiger partial charge in [0.1, 0.15) is 5.56 Å². The Morgan fingerprint density at radius 3 is 1.90 bits per heavy atom. The Bertz CT molecular complexity index is 522. The highest BCUT2D eigenvalue weighted by Gasteiger charge is 2.30. The molecule has 0 fully saturated rings. The van der Waals surface area contributed by atoms with Crippen molar-refractivity contribution in [1.82, 2.24) is 5.32 Å². The molecule has 118 valence electrons. The van der Waals surface area contributed by atoms with Gasteiger partial charge in [0.25, 0.3) is 5.91 Å². The highest BCUT2D eigenvalue weighted by Crippen LogP contribution is 2.23. The van der Waals surface area contributed by atoms with Gasteiger partial charge in [-0.25, -0.2) is 22.0 Å². The monoisotopic (exact) mass is 329 g/mol. The molecule has 2 atom stereocenters. The standard InChI is InChI=1S/C12H12F5NO2S/c1-4(5(3-19)21-2)18-12(20)6-7(13)9(15)11(17)10(16)8(6)14/h4-5,19H,3H2,1-2H3,(H,18,20). The predicted octanol–water partition coefficient (Wildman–Crippen LogP) is 2.22. The maximum Gasteiger partial charge on any atom is 0.257 e. The molecule has 3 nitrogen and oxygen atoms in total. The van der Waals surface area contributed by atoms with Crippen LogP contribution in [0.25, 0.3) is 0 Å². The van der Waals surface area contributed by atoms with Gasteiger partial charge in [-0.2, -0.15) is 11.8 Å². The molecule has 0 aliphatic heterocycles. The second-order valence-electron chi connectivity index (χ2n) is 4.16. The molecule has 2 unspecified atom stereocenters. The molecule has 9 heteroatoms. The van der Waals surface area contributed by atoms with Crippen molar-refractivity contribution in [2.24, 2.45) is 0 Å². The molecular weight excluding hydrogens is 317 g/mol. The van der Waals surface area contributed by atoms with Crippen LogP contribution in [0.5, 0.6) is 0 Å². The van der Waals surface area contributed by atoms with Crippen LogP contribution in [0.4, 0.5) is 22.0 Å². The molecule has 0 saturated heterocycles. The first kappa shape index (κ1) is 17.7. The lowest BCUT2D eigenvalue weighted by Gasteiger charge is -2.21. The minimum absolute atomic E-state index is 0.334. The van der Waals surface area contributed by atoms with E-state index < -0.39 is 51.8 Å². The quantitative estimate of drug-likeness (QED) is 0.495. The van der Waals surface area contributed by atoms with Crippen LogP contribution in [0.1, 0.15) is 17.3 Å². The summed E-state index contributed by atoms with van der Waals surface area (Å²) in [6.07, 6.45) is 1.63. The fourth-order valence-electron chi connectivity index (χ4n) is 1.61. The SMILES string of the molecule is CSC(CO)C(C)NC(=O)c1c(F)c(F)c(F)c(F)c1F. The van der Waals surface area contributed by atoms with E-state index in [1.165, 1.54) is 18.7 Å². The molecule has 0 bridgehead atoms. The van der Waals surface area contributed by atoms with Gasteiger partial charge in [0.05, 0.1) is 6.61 Å². The van der Waals surface area contributed by atoms with Gasteiger partial charge in [-0.3, -0.25) is 4.79 Å². The number of nitrogens with one attached hydrogen (secondary N) is 1. The molecule has 2 N–H and O–H groups in total. The molecule has 0 heterocycles. The maximum absolute atomic E-state index is 13.4. The van der Waals surface area contributed by atoms with Crippen LogP contribution in [0, 0.1) is 29.1 Å².